The molecule has 0 bridgehead atoms. The highest BCUT2D eigenvalue weighted by Crippen LogP contribution is 2.31. The van der Waals surface area contributed by atoms with Crippen LogP contribution in [0.4, 0.5) is 5.82 Å². The van der Waals surface area contributed by atoms with E-state index in [2.05, 4.69) is 34.3 Å². The molecule has 2 aromatic heterocycles. The average Bonchev–Trinajstić information content (AvgIpc) is 3.12. The van der Waals surface area contributed by atoms with Crippen molar-refractivity contribution < 1.29 is 4.79 Å². The molecule has 0 saturated carbocycles. The highest BCUT2D eigenvalue weighted by atomic mass is 35.5. The van der Waals surface area contributed by atoms with Crippen LogP contribution in [0.1, 0.15) is 44.5 Å². The zero-order valence-electron chi connectivity index (χ0n) is 19.2. The van der Waals surface area contributed by atoms with Crippen molar-refractivity contribution in [3.05, 3.63) is 40.7 Å². The number of amides is 1. The van der Waals surface area contributed by atoms with Crippen LogP contribution in [0, 0.1) is 25.7 Å². The molecular weight excluding hydrogens is 424 g/mol. The maximum Gasteiger partial charge on any atom is 0.224 e. The van der Waals surface area contributed by atoms with Crippen molar-refractivity contribution in [1.29, 1.82) is 0 Å². The lowest BCUT2D eigenvalue weighted by Crippen LogP contribution is -2.43. The Balaban J connectivity index is 1.62. The molecule has 170 valence electrons. The van der Waals surface area contributed by atoms with Gasteiger partial charge in [0, 0.05) is 24.7 Å². The van der Waals surface area contributed by atoms with Crippen LogP contribution >= 0.6 is 11.6 Å². The Morgan fingerprint density at radius 1 is 1.22 bits per heavy atom. The summed E-state index contributed by atoms with van der Waals surface area (Å²) in [6, 6.07) is 7.63. The monoisotopic (exact) mass is 454 g/mol. The van der Waals surface area contributed by atoms with Gasteiger partial charge in [-0.05, 0) is 63.3 Å². The number of hydrogen-bond donors (Lipinski definition) is 1. The largest absolute Gasteiger partial charge is 0.356 e. The van der Waals surface area contributed by atoms with Crippen molar-refractivity contribution in [3.8, 4) is 5.69 Å². The molecule has 7 nitrogen and oxygen atoms in total. The number of rotatable bonds is 6. The Bertz CT molecular complexity index is 1110. The van der Waals surface area contributed by atoms with Crippen molar-refractivity contribution in [2.75, 3.05) is 24.5 Å². The number of halogens is 1. The molecule has 3 aromatic rings. The molecule has 1 unspecified atom stereocenters. The van der Waals surface area contributed by atoms with Crippen LogP contribution < -0.4 is 10.2 Å². The van der Waals surface area contributed by atoms with E-state index < -0.39 is 0 Å². The fourth-order valence-electron chi connectivity index (χ4n) is 4.37. The van der Waals surface area contributed by atoms with Crippen molar-refractivity contribution in [2.24, 2.45) is 11.8 Å². The number of aryl methyl sites for hydroxylation is 2. The van der Waals surface area contributed by atoms with E-state index in [0.717, 1.165) is 66.1 Å². The normalized spacial score (nSPS) is 16.7. The quantitative estimate of drug-likeness (QED) is 0.594. The number of piperidine rings is 1. The number of carbonyl (C=O) groups is 1. The van der Waals surface area contributed by atoms with Crippen molar-refractivity contribution in [3.63, 3.8) is 0 Å². The minimum absolute atomic E-state index is 0.0477. The molecule has 0 radical (unpaired) electrons. The average molecular weight is 455 g/mol. The second-order valence-corrected chi connectivity index (χ2v) is 9.50. The fourth-order valence-corrected chi connectivity index (χ4v) is 4.50. The van der Waals surface area contributed by atoms with Gasteiger partial charge in [0.25, 0.3) is 0 Å². The molecule has 3 heterocycles. The first kappa shape index (κ1) is 22.5. The van der Waals surface area contributed by atoms with Crippen molar-refractivity contribution in [1.82, 2.24) is 25.3 Å². The molecule has 8 heteroatoms. The van der Waals surface area contributed by atoms with Crippen LogP contribution in [0.15, 0.2) is 24.3 Å². The number of carbonyl (C=O) groups excluding carboxylic acids is 1. The number of fused-ring (bicyclic) bond motifs is 1. The number of hydrogen-bond acceptors (Lipinski definition) is 5. The van der Waals surface area contributed by atoms with Gasteiger partial charge in [0.15, 0.2) is 5.82 Å². The van der Waals surface area contributed by atoms with Crippen LogP contribution in [-0.2, 0) is 4.79 Å². The van der Waals surface area contributed by atoms with Crippen molar-refractivity contribution in [2.45, 2.75) is 47.0 Å². The van der Waals surface area contributed by atoms with Gasteiger partial charge in [0.05, 0.1) is 28.4 Å². The van der Waals surface area contributed by atoms with Crippen LogP contribution in [0.2, 0.25) is 5.02 Å². The highest BCUT2D eigenvalue weighted by molar-refractivity contribution is 6.30. The van der Waals surface area contributed by atoms with Crippen LogP contribution in [0.5, 0.6) is 0 Å². The van der Waals surface area contributed by atoms with E-state index in [0.29, 0.717) is 17.5 Å². The zero-order chi connectivity index (χ0) is 22.8. The van der Waals surface area contributed by atoms with E-state index >= 15 is 0 Å². The summed E-state index contributed by atoms with van der Waals surface area (Å²) in [4.78, 5) is 14.9. The van der Waals surface area contributed by atoms with Gasteiger partial charge in [-0.25, -0.2) is 4.68 Å². The van der Waals surface area contributed by atoms with Crippen LogP contribution in [0.25, 0.3) is 16.6 Å². The SMILES string of the molecule is Cc1nnc(N2CCCC(C(=O)NCCC(C)C)C2)c2nn(-c3ccc(Cl)cc3)c(C)c12. The first-order valence-corrected chi connectivity index (χ1v) is 11.7. The molecule has 1 aliphatic heterocycles. The maximum absolute atomic E-state index is 12.7. The highest BCUT2D eigenvalue weighted by Gasteiger charge is 2.29. The van der Waals surface area contributed by atoms with E-state index in [-0.39, 0.29) is 11.8 Å². The van der Waals surface area contributed by atoms with Gasteiger partial charge in [-0.1, -0.05) is 25.4 Å². The zero-order valence-corrected chi connectivity index (χ0v) is 20.0. The molecule has 1 fully saturated rings. The predicted molar refractivity (Wildman–Crippen MR) is 129 cm³/mol. The summed E-state index contributed by atoms with van der Waals surface area (Å²) < 4.78 is 1.92. The Morgan fingerprint density at radius 3 is 2.69 bits per heavy atom. The number of benzene rings is 1. The summed E-state index contributed by atoms with van der Waals surface area (Å²) in [6.07, 6.45) is 2.83. The third-order valence-electron chi connectivity index (χ3n) is 6.17. The standard InChI is InChI=1S/C24H31ClN6O/c1-15(2)11-12-26-24(32)18-6-5-13-30(14-18)23-22-21(16(3)27-28-23)17(4)31(29-22)20-9-7-19(25)8-10-20/h7-10,15,18H,5-6,11-14H2,1-4H3,(H,26,32). The summed E-state index contributed by atoms with van der Waals surface area (Å²) in [5, 5.41) is 18.7. The maximum atomic E-state index is 12.7. The molecule has 1 atom stereocenters. The lowest BCUT2D eigenvalue weighted by Gasteiger charge is -2.32. The van der Waals surface area contributed by atoms with Crippen molar-refractivity contribution >= 4 is 34.2 Å². The topological polar surface area (TPSA) is 75.9 Å². The molecule has 1 aliphatic rings. The Labute approximate surface area is 194 Å². The molecule has 4 rings (SSSR count). The van der Waals surface area contributed by atoms with E-state index in [1.54, 1.807) is 0 Å². The number of aromatic nitrogens is 4. The molecule has 1 saturated heterocycles. The third-order valence-corrected chi connectivity index (χ3v) is 6.42. The number of nitrogens with one attached hydrogen (secondary N) is 1. The first-order valence-electron chi connectivity index (χ1n) is 11.4. The minimum Gasteiger partial charge on any atom is -0.356 e. The van der Waals surface area contributed by atoms with Gasteiger partial charge in [-0.15, -0.1) is 5.10 Å². The number of anilines is 1. The van der Waals surface area contributed by atoms with Gasteiger partial charge in [0.2, 0.25) is 5.91 Å². The Hall–Kier alpha value is -2.67. The summed E-state index contributed by atoms with van der Waals surface area (Å²) in [6.45, 7) is 10.5. The minimum atomic E-state index is -0.0477. The smallest absolute Gasteiger partial charge is 0.224 e. The van der Waals surface area contributed by atoms with E-state index in [1.165, 1.54) is 0 Å². The molecule has 1 amide bonds. The van der Waals surface area contributed by atoms with Gasteiger partial charge < -0.3 is 10.2 Å². The summed E-state index contributed by atoms with van der Waals surface area (Å²) in [7, 11) is 0. The lowest BCUT2D eigenvalue weighted by atomic mass is 9.96. The summed E-state index contributed by atoms with van der Waals surface area (Å²) in [5.74, 6) is 1.41. The molecular formula is C24H31ClN6O. The van der Waals surface area contributed by atoms with E-state index in [4.69, 9.17) is 16.7 Å². The van der Waals surface area contributed by atoms with Gasteiger partial charge in [0.1, 0.15) is 5.52 Å². The Morgan fingerprint density at radius 2 is 1.97 bits per heavy atom. The van der Waals surface area contributed by atoms with Gasteiger partial charge in [-0.3, -0.25) is 4.79 Å². The van der Waals surface area contributed by atoms with Crippen LogP contribution in [0.3, 0.4) is 0 Å². The molecule has 1 N–H and O–H groups in total. The molecule has 0 aliphatic carbocycles. The number of nitrogens with zero attached hydrogens (tertiary/aromatic N) is 5. The first-order chi connectivity index (χ1) is 15.3. The molecule has 1 aromatic carbocycles. The van der Waals surface area contributed by atoms with Gasteiger partial charge in [-0.2, -0.15) is 10.2 Å². The fraction of sp³-hybridized carbons (Fsp3) is 0.500. The van der Waals surface area contributed by atoms with E-state index in [1.807, 2.05) is 42.8 Å². The van der Waals surface area contributed by atoms with Gasteiger partial charge >= 0.3 is 0 Å². The Kier molecular flexibility index (Phi) is 6.65. The summed E-state index contributed by atoms with van der Waals surface area (Å²) >= 11 is 6.07. The molecule has 32 heavy (non-hydrogen) atoms. The van der Waals surface area contributed by atoms with Crippen LogP contribution in [-0.4, -0.2) is 45.5 Å². The van der Waals surface area contributed by atoms with E-state index in [9.17, 15) is 4.79 Å². The predicted octanol–water partition coefficient (Wildman–Crippen LogP) is 4.46. The lowest BCUT2D eigenvalue weighted by molar-refractivity contribution is -0.125. The second kappa shape index (κ2) is 9.45. The summed E-state index contributed by atoms with van der Waals surface area (Å²) in [5.41, 5.74) is 3.62. The third kappa shape index (κ3) is 4.58. The molecule has 0 spiro atoms. The second-order valence-electron chi connectivity index (χ2n) is 9.06.